The molecule has 24 heavy (non-hydrogen) atoms. The highest BCUT2D eigenvalue weighted by atomic mass is 32.1. The maximum Gasteiger partial charge on any atom is 0.259 e. The van der Waals surface area contributed by atoms with Crippen LogP contribution in [0, 0.1) is 6.92 Å². The van der Waals surface area contributed by atoms with Crippen LogP contribution in [0.15, 0.2) is 23.7 Å². The third-order valence-corrected chi connectivity index (χ3v) is 4.82. The molecule has 0 saturated carbocycles. The topological polar surface area (TPSA) is 58.6 Å². The Bertz CT molecular complexity index is 695. The number of carbonyl (C=O) groups excluding carboxylic acids is 1. The van der Waals surface area contributed by atoms with Gasteiger partial charge in [0.2, 0.25) is 5.88 Å². The maximum absolute atomic E-state index is 12.7. The van der Waals surface area contributed by atoms with Crippen LogP contribution in [0.2, 0.25) is 0 Å². The zero-order chi connectivity index (χ0) is 16.9. The minimum absolute atomic E-state index is 0.00398. The lowest BCUT2D eigenvalue weighted by atomic mass is 10.2. The molecule has 0 atom stereocenters. The molecule has 128 valence electrons. The van der Waals surface area contributed by atoms with Crippen LogP contribution in [0.4, 0.5) is 0 Å². The zero-order valence-electron chi connectivity index (χ0n) is 14.1. The van der Waals surface area contributed by atoms with Crippen LogP contribution in [-0.4, -0.2) is 58.5 Å². The van der Waals surface area contributed by atoms with Crippen LogP contribution >= 0.6 is 11.3 Å². The summed E-state index contributed by atoms with van der Waals surface area (Å²) in [5.41, 5.74) is 1.66. The van der Waals surface area contributed by atoms with Gasteiger partial charge in [0.1, 0.15) is 5.56 Å². The Morgan fingerprint density at radius 1 is 1.33 bits per heavy atom. The first-order chi connectivity index (χ1) is 11.7. The van der Waals surface area contributed by atoms with Gasteiger partial charge in [-0.15, -0.1) is 11.3 Å². The van der Waals surface area contributed by atoms with E-state index in [2.05, 4.69) is 20.2 Å². The molecular formula is C17H22N4O2S. The fourth-order valence-corrected chi connectivity index (χ4v) is 3.40. The summed E-state index contributed by atoms with van der Waals surface area (Å²) in [6.45, 7) is 8.39. The number of pyridine rings is 1. The number of amides is 1. The quantitative estimate of drug-likeness (QED) is 0.831. The van der Waals surface area contributed by atoms with E-state index in [0.29, 0.717) is 31.1 Å². The standard InChI is InChI=1S/C17H22N4O2S/c1-3-23-16-15(5-4-6-18-16)17(22)21-9-7-20(8-10-21)11-14-12-24-13(2)19-14/h4-6,12H,3,7-11H2,1-2H3. The molecule has 2 aromatic rings. The van der Waals surface area contributed by atoms with Crippen molar-refractivity contribution in [3.63, 3.8) is 0 Å². The molecule has 1 saturated heterocycles. The van der Waals surface area contributed by atoms with Gasteiger partial charge in [0.15, 0.2) is 0 Å². The van der Waals surface area contributed by atoms with Crippen molar-refractivity contribution in [1.29, 1.82) is 0 Å². The highest BCUT2D eigenvalue weighted by Gasteiger charge is 2.25. The number of hydrogen-bond acceptors (Lipinski definition) is 6. The molecule has 2 aromatic heterocycles. The number of rotatable bonds is 5. The summed E-state index contributed by atoms with van der Waals surface area (Å²) in [4.78, 5) is 25.6. The molecule has 1 amide bonds. The van der Waals surface area contributed by atoms with Gasteiger partial charge in [-0.25, -0.2) is 9.97 Å². The van der Waals surface area contributed by atoms with Gasteiger partial charge in [-0.05, 0) is 26.0 Å². The molecule has 0 aromatic carbocycles. The number of carbonyl (C=O) groups is 1. The van der Waals surface area contributed by atoms with Crippen LogP contribution in [0.1, 0.15) is 28.0 Å². The number of piperazine rings is 1. The van der Waals surface area contributed by atoms with Crippen molar-refractivity contribution < 1.29 is 9.53 Å². The number of nitrogens with zero attached hydrogens (tertiary/aromatic N) is 4. The van der Waals surface area contributed by atoms with Gasteiger partial charge < -0.3 is 9.64 Å². The summed E-state index contributed by atoms with van der Waals surface area (Å²) in [5.74, 6) is 0.418. The summed E-state index contributed by atoms with van der Waals surface area (Å²) in [6, 6.07) is 3.56. The summed E-state index contributed by atoms with van der Waals surface area (Å²) >= 11 is 1.68. The molecule has 0 unspecified atom stereocenters. The van der Waals surface area contributed by atoms with Crippen molar-refractivity contribution >= 4 is 17.2 Å². The first-order valence-corrected chi connectivity index (χ1v) is 9.05. The Hall–Kier alpha value is -1.99. The SMILES string of the molecule is CCOc1ncccc1C(=O)N1CCN(Cc2csc(C)n2)CC1. The van der Waals surface area contributed by atoms with Crippen molar-refractivity contribution in [2.45, 2.75) is 20.4 Å². The summed E-state index contributed by atoms with van der Waals surface area (Å²) < 4.78 is 5.48. The molecule has 3 rings (SSSR count). The van der Waals surface area contributed by atoms with Crippen molar-refractivity contribution in [3.05, 3.63) is 40.0 Å². The third-order valence-electron chi connectivity index (χ3n) is 3.99. The van der Waals surface area contributed by atoms with E-state index < -0.39 is 0 Å². The Balaban J connectivity index is 1.59. The van der Waals surface area contributed by atoms with Crippen molar-refractivity contribution in [3.8, 4) is 5.88 Å². The van der Waals surface area contributed by atoms with Gasteiger partial charge in [0.05, 0.1) is 17.3 Å². The molecule has 0 N–H and O–H groups in total. The van der Waals surface area contributed by atoms with Gasteiger partial charge in [-0.1, -0.05) is 0 Å². The smallest absolute Gasteiger partial charge is 0.259 e. The number of ether oxygens (including phenoxy) is 1. The van der Waals surface area contributed by atoms with E-state index in [4.69, 9.17) is 4.74 Å². The maximum atomic E-state index is 12.7. The van der Waals surface area contributed by atoms with Gasteiger partial charge in [-0.3, -0.25) is 9.69 Å². The second-order valence-electron chi connectivity index (χ2n) is 5.72. The molecule has 3 heterocycles. The normalized spacial score (nSPS) is 15.5. The van der Waals surface area contributed by atoms with Gasteiger partial charge in [0.25, 0.3) is 5.91 Å². The Morgan fingerprint density at radius 3 is 2.79 bits per heavy atom. The fourth-order valence-electron chi connectivity index (χ4n) is 2.79. The first kappa shape index (κ1) is 16.9. The van der Waals surface area contributed by atoms with E-state index in [-0.39, 0.29) is 5.91 Å². The highest BCUT2D eigenvalue weighted by molar-refractivity contribution is 7.09. The predicted molar refractivity (Wildman–Crippen MR) is 93.4 cm³/mol. The molecule has 7 heteroatoms. The predicted octanol–water partition coefficient (Wildman–Crippen LogP) is 2.20. The largest absolute Gasteiger partial charge is 0.477 e. The van der Waals surface area contributed by atoms with Crippen LogP contribution in [-0.2, 0) is 6.54 Å². The summed E-state index contributed by atoms with van der Waals surface area (Å²) in [6.07, 6.45) is 1.65. The molecule has 0 radical (unpaired) electrons. The van der Waals surface area contributed by atoms with Crippen LogP contribution < -0.4 is 4.74 Å². The summed E-state index contributed by atoms with van der Waals surface area (Å²) in [5, 5.41) is 3.20. The van der Waals surface area contributed by atoms with Gasteiger partial charge in [0, 0.05) is 44.3 Å². The molecule has 1 aliphatic rings. The zero-order valence-corrected chi connectivity index (χ0v) is 14.9. The van der Waals surface area contributed by atoms with Crippen LogP contribution in [0.5, 0.6) is 5.88 Å². The van der Waals surface area contributed by atoms with Crippen LogP contribution in [0.3, 0.4) is 0 Å². The summed E-state index contributed by atoms with van der Waals surface area (Å²) in [7, 11) is 0. The third kappa shape index (κ3) is 3.91. The number of hydrogen-bond donors (Lipinski definition) is 0. The van der Waals surface area contributed by atoms with Crippen molar-refractivity contribution in [2.24, 2.45) is 0 Å². The first-order valence-electron chi connectivity index (χ1n) is 8.18. The average Bonchev–Trinajstić information content (AvgIpc) is 3.01. The van der Waals surface area contributed by atoms with E-state index in [1.807, 2.05) is 18.7 Å². The molecule has 0 spiro atoms. The van der Waals surface area contributed by atoms with E-state index in [1.165, 1.54) is 0 Å². The molecule has 6 nitrogen and oxygen atoms in total. The lowest BCUT2D eigenvalue weighted by Gasteiger charge is -2.34. The Morgan fingerprint density at radius 2 is 2.12 bits per heavy atom. The number of aromatic nitrogens is 2. The van der Waals surface area contributed by atoms with E-state index in [1.54, 1.807) is 29.7 Å². The van der Waals surface area contributed by atoms with Crippen LogP contribution in [0.25, 0.3) is 0 Å². The molecule has 0 bridgehead atoms. The van der Waals surface area contributed by atoms with Gasteiger partial charge in [-0.2, -0.15) is 0 Å². The second kappa shape index (κ2) is 7.72. The molecule has 1 fully saturated rings. The van der Waals surface area contributed by atoms with E-state index >= 15 is 0 Å². The van der Waals surface area contributed by atoms with E-state index in [9.17, 15) is 4.79 Å². The minimum atomic E-state index is -0.00398. The molecule has 0 aliphatic carbocycles. The monoisotopic (exact) mass is 346 g/mol. The number of thiazole rings is 1. The van der Waals surface area contributed by atoms with Crippen molar-refractivity contribution in [2.75, 3.05) is 32.8 Å². The second-order valence-corrected chi connectivity index (χ2v) is 6.78. The lowest BCUT2D eigenvalue weighted by molar-refractivity contribution is 0.0622. The van der Waals surface area contributed by atoms with Gasteiger partial charge >= 0.3 is 0 Å². The lowest BCUT2D eigenvalue weighted by Crippen LogP contribution is -2.48. The highest BCUT2D eigenvalue weighted by Crippen LogP contribution is 2.18. The molecule has 1 aliphatic heterocycles. The molecular weight excluding hydrogens is 324 g/mol. The Labute approximate surface area is 146 Å². The number of aryl methyl sites for hydroxylation is 1. The average molecular weight is 346 g/mol. The fraction of sp³-hybridized carbons (Fsp3) is 0.471. The minimum Gasteiger partial charge on any atom is -0.477 e. The van der Waals surface area contributed by atoms with E-state index in [0.717, 1.165) is 30.3 Å². The Kier molecular flexibility index (Phi) is 5.42. The van der Waals surface area contributed by atoms with Crippen molar-refractivity contribution in [1.82, 2.24) is 19.8 Å².